The van der Waals surface area contributed by atoms with Gasteiger partial charge < -0.3 is 4.74 Å². The van der Waals surface area contributed by atoms with Crippen molar-refractivity contribution in [3.05, 3.63) is 24.0 Å². The molecule has 0 atom stereocenters. The molecule has 0 N–H and O–H groups in total. The Morgan fingerprint density at radius 1 is 1.34 bits per heavy atom. The lowest BCUT2D eigenvalue weighted by atomic mass is 10.3. The predicted molar refractivity (Wildman–Crippen MR) is 111 cm³/mol. The fourth-order valence-corrected chi connectivity index (χ4v) is 4.38. The second-order valence-corrected chi connectivity index (χ2v) is 10.1. The Morgan fingerprint density at radius 2 is 2.07 bits per heavy atom. The van der Waals surface area contributed by atoms with Gasteiger partial charge in [-0.3, -0.25) is 14.6 Å². The van der Waals surface area contributed by atoms with Crippen LogP contribution in [0.4, 0.5) is 9.52 Å². The van der Waals surface area contributed by atoms with Crippen molar-refractivity contribution in [2.24, 2.45) is 0 Å². The minimum absolute atomic E-state index is 0.218. The van der Waals surface area contributed by atoms with Crippen LogP contribution >= 0.6 is 11.3 Å². The molecule has 1 aliphatic rings. The van der Waals surface area contributed by atoms with Crippen LogP contribution in [0.1, 0.15) is 6.42 Å². The standard InChI is InChI=1S/C18H25FN4O4S2/c1-21(29(2,25)26)13-16(24)23(8-4-7-22-9-11-27-12-10-22)18-20-17-14(19)5-3-6-15(17)28-18/h3,5-6H,4,7-13H2,1-2H3. The Balaban J connectivity index is 1.77. The number of fused-ring (bicyclic) bond motifs is 1. The lowest BCUT2D eigenvalue weighted by Crippen LogP contribution is -2.43. The van der Waals surface area contributed by atoms with E-state index in [4.69, 9.17) is 4.74 Å². The molecule has 0 spiro atoms. The van der Waals surface area contributed by atoms with Crippen molar-refractivity contribution in [2.75, 3.05) is 64.1 Å². The largest absolute Gasteiger partial charge is 0.379 e. The number of para-hydroxylation sites is 1. The predicted octanol–water partition coefficient (Wildman–Crippen LogP) is 1.38. The molecule has 0 radical (unpaired) electrons. The maximum Gasteiger partial charge on any atom is 0.244 e. The van der Waals surface area contributed by atoms with Gasteiger partial charge in [0, 0.05) is 33.2 Å². The quantitative estimate of drug-likeness (QED) is 0.612. The third-order valence-corrected chi connectivity index (χ3v) is 7.08. The number of sulfonamides is 1. The molecule has 1 saturated heterocycles. The van der Waals surface area contributed by atoms with Gasteiger partial charge in [-0.1, -0.05) is 17.4 Å². The van der Waals surface area contributed by atoms with Crippen molar-refractivity contribution in [3.63, 3.8) is 0 Å². The van der Waals surface area contributed by atoms with Gasteiger partial charge in [-0.25, -0.2) is 17.8 Å². The van der Waals surface area contributed by atoms with E-state index in [0.717, 1.165) is 30.2 Å². The van der Waals surface area contributed by atoms with Gasteiger partial charge in [0.15, 0.2) is 5.13 Å². The van der Waals surface area contributed by atoms with Gasteiger partial charge in [0.25, 0.3) is 0 Å². The summed E-state index contributed by atoms with van der Waals surface area (Å²) in [5.74, 6) is -0.835. The van der Waals surface area contributed by atoms with Crippen LogP contribution in [0.5, 0.6) is 0 Å². The molecule has 1 amide bonds. The number of carbonyl (C=O) groups excluding carboxylic acids is 1. The summed E-state index contributed by atoms with van der Waals surface area (Å²) in [6.45, 7) is 3.93. The number of benzene rings is 1. The third kappa shape index (κ3) is 5.70. The van der Waals surface area contributed by atoms with Crippen LogP contribution in [0.25, 0.3) is 10.2 Å². The molecule has 0 aliphatic carbocycles. The van der Waals surface area contributed by atoms with Crippen LogP contribution < -0.4 is 4.90 Å². The lowest BCUT2D eigenvalue weighted by molar-refractivity contribution is -0.118. The molecular formula is C18H25FN4O4S2. The van der Waals surface area contributed by atoms with E-state index in [1.165, 1.54) is 29.4 Å². The fourth-order valence-electron chi connectivity index (χ4n) is 3.02. The van der Waals surface area contributed by atoms with E-state index >= 15 is 0 Å². The second kappa shape index (κ2) is 9.43. The number of likely N-dealkylation sites (N-methyl/N-ethyl adjacent to an activating group) is 1. The number of morpholine rings is 1. The summed E-state index contributed by atoms with van der Waals surface area (Å²) in [6, 6.07) is 4.67. The summed E-state index contributed by atoms with van der Waals surface area (Å²) < 4.78 is 44.5. The minimum Gasteiger partial charge on any atom is -0.379 e. The minimum atomic E-state index is -3.50. The number of ether oxygens (including phenoxy) is 1. The Labute approximate surface area is 173 Å². The Bertz CT molecular complexity index is 960. The average Bonchev–Trinajstić information content (AvgIpc) is 3.10. The molecule has 2 heterocycles. The SMILES string of the molecule is CN(CC(=O)N(CCCN1CCOCC1)c1nc2c(F)cccc2s1)S(C)(=O)=O. The molecule has 160 valence electrons. The maximum atomic E-state index is 14.1. The molecule has 11 heteroatoms. The van der Waals surface area contributed by atoms with E-state index in [1.54, 1.807) is 12.1 Å². The lowest BCUT2D eigenvalue weighted by Gasteiger charge is -2.28. The number of hydrogen-bond donors (Lipinski definition) is 0. The van der Waals surface area contributed by atoms with Gasteiger partial charge in [-0.05, 0) is 18.6 Å². The Kier molecular flexibility index (Phi) is 7.17. The van der Waals surface area contributed by atoms with Crippen molar-refractivity contribution in [3.8, 4) is 0 Å². The summed E-state index contributed by atoms with van der Waals surface area (Å²) >= 11 is 1.22. The van der Waals surface area contributed by atoms with E-state index in [-0.39, 0.29) is 18.0 Å². The van der Waals surface area contributed by atoms with Crippen LogP contribution in [-0.4, -0.2) is 87.8 Å². The number of halogens is 1. The van der Waals surface area contributed by atoms with Crippen molar-refractivity contribution < 1.29 is 22.3 Å². The number of rotatable bonds is 8. The zero-order valence-electron chi connectivity index (χ0n) is 16.5. The highest BCUT2D eigenvalue weighted by atomic mass is 32.2. The highest BCUT2D eigenvalue weighted by molar-refractivity contribution is 7.88. The second-order valence-electron chi connectivity index (χ2n) is 6.95. The smallest absolute Gasteiger partial charge is 0.244 e. The van der Waals surface area contributed by atoms with Gasteiger partial charge in [-0.2, -0.15) is 4.31 Å². The monoisotopic (exact) mass is 444 g/mol. The normalized spacial score (nSPS) is 15.9. The van der Waals surface area contributed by atoms with Gasteiger partial charge >= 0.3 is 0 Å². The Hall–Kier alpha value is -1.66. The van der Waals surface area contributed by atoms with Gasteiger partial charge in [0.1, 0.15) is 11.3 Å². The molecule has 29 heavy (non-hydrogen) atoms. The van der Waals surface area contributed by atoms with Crippen molar-refractivity contribution in [1.82, 2.24) is 14.2 Å². The number of carbonyl (C=O) groups is 1. The maximum absolute atomic E-state index is 14.1. The third-order valence-electron chi connectivity index (χ3n) is 4.77. The number of hydrogen-bond acceptors (Lipinski definition) is 7. The molecule has 1 fully saturated rings. The van der Waals surface area contributed by atoms with Gasteiger partial charge in [-0.15, -0.1) is 0 Å². The van der Waals surface area contributed by atoms with E-state index in [2.05, 4.69) is 9.88 Å². The van der Waals surface area contributed by atoms with Gasteiger partial charge in [0.2, 0.25) is 15.9 Å². The highest BCUT2D eigenvalue weighted by Crippen LogP contribution is 2.30. The van der Waals surface area contributed by atoms with E-state index in [0.29, 0.717) is 36.0 Å². The van der Waals surface area contributed by atoms with Crippen molar-refractivity contribution in [1.29, 1.82) is 0 Å². The number of aromatic nitrogens is 1. The highest BCUT2D eigenvalue weighted by Gasteiger charge is 2.24. The number of nitrogens with zero attached hydrogens (tertiary/aromatic N) is 4. The zero-order valence-corrected chi connectivity index (χ0v) is 18.1. The van der Waals surface area contributed by atoms with Crippen LogP contribution in [0.3, 0.4) is 0 Å². The van der Waals surface area contributed by atoms with Gasteiger partial charge in [0.05, 0.1) is 30.7 Å². The molecular weight excluding hydrogens is 419 g/mol. The number of thiazole rings is 1. The summed E-state index contributed by atoms with van der Waals surface area (Å²) in [5, 5.41) is 0.374. The first kappa shape index (κ1) is 22.0. The van der Waals surface area contributed by atoms with Crippen LogP contribution in [0.2, 0.25) is 0 Å². The molecule has 3 rings (SSSR count). The summed E-state index contributed by atoms with van der Waals surface area (Å²) in [7, 11) is -2.14. The molecule has 0 unspecified atom stereocenters. The summed E-state index contributed by atoms with van der Waals surface area (Å²) in [6.07, 6.45) is 1.74. The van der Waals surface area contributed by atoms with Crippen LogP contribution in [0, 0.1) is 5.82 Å². The summed E-state index contributed by atoms with van der Waals surface area (Å²) in [4.78, 5) is 20.9. The average molecular weight is 445 g/mol. The summed E-state index contributed by atoms with van der Waals surface area (Å²) in [5.41, 5.74) is 0.218. The first-order valence-electron chi connectivity index (χ1n) is 9.32. The first-order valence-corrected chi connectivity index (χ1v) is 12.0. The first-order chi connectivity index (χ1) is 13.8. The molecule has 0 saturated carbocycles. The van der Waals surface area contributed by atoms with E-state index in [1.807, 2.05) is 0 Å². The Morgan fingerprint density at radius 3 is 2.72 bits per heavy atom. The molecule has 8 nitrogen and oxygen atoms in total. The number of anilines is 1. The van der Waals surface area contributed by atoms with Crippen molar-refractivity contribution >= 4 is 42.6 Å². The molecule has 2 aromatic rings. The number of amides is 1. The van der Waals surface area contributed by atoms with Crippen molar-refractivity contribution in [2.45, 2.75) is 6.42 Å². The van der Waals surface area contributed by atoms with Crippen LogP contribution in [0.15, 0.2) is 18.2 Å². The van der Waals surface area contributed by atoms with E-state index in [9.17, 15) is 17.6 Å². The zero-order chi connectivity index (χ0) is 21.0. The topological polar surface area (TPSA) is 83.1 Å². The molecule has 0 bridgehead atoms. The molecule has 1 aromatic carbocycles. The molecule has 1 aliphatic heterocycles. The van der Waals surface area contributed by atoms with Crippen LogP contribution in [-0.2, 0) is 19.6 Å². The molecule has 1 aromatic heterocycles. The van der Waals surface area contributed by atoms with E-state index < -0.39 is 15.8 Å². The fraction of sp³-hybridized carbons (Fsp3) is 0.556.